The number of ether oxygens (including phenoxy) is 2. The fourth-order valence-corrected chi connectivity index (χ4v) is 3.61. The number of esters is 1. The molecular weight excluding hydrogens is 504 g/mol. The summed E-state index contributed by atoms with van der Waals surface area (Å²) in [6, 6.07) is 4.19. The van der Waals surface area contributed by atoms with E-state index in [1.54, 1.807) is 30.3 Å². The van der Waals surface area contributed by atoms with Gasteiger partial charge in [-0.25, -0.2) is 4.79 Å². The van der Waals surface area contributed by atoms with Crippen LogP contribution in [0.2, 0.25) is 0 Å². The molecule has 39 heavy (non-hydrogen) atoms. The Hall–Kier alpha value is -4.35. The average Bonchev–Trinajstić information content (AvgIpc) is 2.90. The van der Waals surface area contributed by atoms with Crippen LogP contribution in [-0.2, 0) is 30.3 Å². The van der Waals surface area contributed by atoms with E-state index >= 15 is 0 Å². The van der Waals surface area contributed by atoms with Gasteiger partial charge < -0.3 is 25.4 Å². The summed E-state index contributed by atoms with van der Waals surface area (Å²) in [6.07, 6.45) is 4.84. The van der Waals surface area contributed by atoms with Crippen LogP contribution in [0.1, 0.15) is 38.2 Å². The van der Waals surface area contributed by atoms with E-state index in [-0.39, 0.29) is 25.2 Å². The van der Waals surface area contributed by atoms with Gasteiger partial charge in [-0.2, -0.15) is 0 Å². The highest BCUT2D eigenvalue weighted by Gasteiger charge is 2.29. The van der Waals surface area contributed by atoms with Crippen molar-refractivity contribution >= 4 is 29.7 Å². The molecule has 0 unspecified atom stereocenters. The summed E-state index contributed by atoms with van der Waals surface area (Å²) in [5.74, 6) is -1.43. The van der Waals surface area contributed by atoms with Gasteiger partial charge >= 0.3 is 11.9 Å². The molecule has 3 amide bonds. The van der Waals surface area contributed by atoms with Gasteiger partial charge in [-0.3, -0.25) is 30.8 Å². The zero-order chi connectivity index (χ0) is 29.2. The molecule has 0 aromatic heterocycles. The first-order valence-corrected chi connectivity index (χ1v) is 12.6. The van der Waals surface area contributed by atoms with Gasteiger partial charge in [0.15, 0.2) is 0 Å². The maximum Gasteiger partial charge on any atom is 0.338 e. The van der Waals surface area contributed by atoms with Crippen molar-refractivity contribution in [3.63, 3.8) is 0 Å². The number of guanidine groups is 1. The fraction of sp³-hybridized carbons (Fsp3) is 0.444. The van der Waals surface area contributed by atoms with Gasteiger partial charge in [-0.05, 0) is 43.4 Å². The summed E-state index contributed by atoms with van der Waals surface area (Å²) >= 11 is 0. The lowest BCUT2D eigenvalue weighted by atomic mass is 10.0. The summed E-state index contributed by atoms with van der Waals surface area (Å²) in [4.78, 5) is 53.2. The summed E-state index contributed by atoms with van der Waals surface area (Å²) in [6.45, 7) is 9.35. The van der Waals surface area contributed by atoms with Crippen LogP contribution in [0, 0.1) is 0 Å². The summed E-state index contributed by atoms with van der Waals surface area (Å²) < 4.78 is 10.2. The first kappa shape index (κ1) is 32.7. The number of methoxy groups -OCH3 is 1. The van der Waals surface area contributed by atoms with Gasteiger partial charge in [0, 0.05) is 13.3 Å². The molecule has 12 heteroatoms. The molecule has 0 aliphatic rings. The Kier molecular flexibility index (Phi) is 15.1. The molecule has 1 aromatic carbocycles. The topological polar surface area (TPSA) is 189 Å². The minimum Gasteiger partial charge on any atom is -0.490 e. The number of rotatable bonds is 18. The molecule has 12 nitrogen and oxygen atoms in total. The van der Waals surface area contributed by atoms with Crippen LogP contribution >= 0.6 is 0 Å². The monoisotopic (exact) mass is 545 g/mol. The molecule has 0 radical (unpaired) electrons. The fourth-order valence-electron chi connectivity index (χ4n) is 3.61. The Labute approximate surface area is 229 Å². The number of hydrogen-bond acceptors (Lipinski definition) is 6. The van der Waals surface area contributed by atoms with Crippen LogP contribution in [0.3, 0.4) is 0 Å². The molecule has 0 heterocycles. The molecule has 0 bridgehead atoms. The van der Waals surface area contributed by atoms with Crippen LogP contribution in [0.15, 0.2) is 49.6 Å². The third kappa shape index (κ3) is 13.1. The number of unbranched alkanes of at least 4 members (excludes halogenated alkanes) is 1. The quantitative estimate of drug-likeness (QED) is 0.0424. The zero-order valence-electron chi connectivity index (χ0n) is 22.7. The third-order valence-electron chi connectivity index (χ3n) is 5.51. The number of carbonyl (C=O) groups is 4. The van der Waals surface area contributed by atoms with Crippen molar-refractivity contribution in [2.45, 2.75) is 57.2 Å². The maximum atomic E-state index is 13.3. The molecule has 1 rings (SSSR count). The highest BCUT2D eigenvalue weighted by molar-refractivity contribution is 5.93. The van der Waals surface area contributed by atoms with Crippen LogP contribution in [0.5, 0.6) is 5.75 Å². The molecule has 0 aliphatic carbocycles. The van der Waals surface area contributed by atoms with Crippen molar-refractivity contribution in [1.82, 2.24) is 16.0 Å². The van der Waals surface area contributed by atoms with E-state index < -0.39 is 41.8 Å². The standard InChI is InChI=1S/C27H40N6O6/c1-5-9-22(26(37)38-4)33-24(35)21(10-7-8-15-30-27(28)29)32-25(36)23(31-18(3)34)17-19-11-13-20(14-12-19)39-16-6-2/h5-6,11-14,21-23H,1-2,7-10,15-17H2,3-4H3,(H,31,34)(H,32,36)(H,33,35)(H4,28,29,30)/p+1/t21-,22-,23-/m0/s1. The van der Waals surface area contributed by atoms with Gasteiger partial charge in [0.25, 0.3) is 0 Å². The van der Waals surface area contributed by atoms with E-state index in [9.17, 15) is 19.2 Å². The van der Waals surface area contributed by atoms with E-state index in [4.69, 9.17) is 20.9 Å². The number of amides is 3. The first-order valence-electron chi connectivity index (χ1n) is 12.6. The van der Waals surface area contributed by atoms with Crippen molar-refractivity contribution in [2.24, 2.45) is 11.5 Å². The molecule has 0 fully saturated rings. The largest absolute Gasteiger partial charge is 0.490 e. The molecule has 3 atom stereocenters. The lowest BCUT2D eigenvalue weighted by Gasteiger charge is -2.24. The predicted molar refractivity (Wildman–Crippen MR) is 147 cm³/mol. The molecular formula is C27H41N6O6+. The molecule has 1 aromatic rings. The van der Waals surface area contributed by atoms with Gasteiger partial charge in [0.1, 0.15) is 30.5 Å². The van der Waals surface area contributed by atoms with Gasteiger partial charge in [0.2, 0.25) is 17.7 Å². The van der Waals surface area contributed by atoms with Crippen molar-refractivity contribution in [3.05, 3.63) is 55.1 Å². The van der Waals surface area contributed by atoms with E-state index in [0.717, 1.165) is 5.56 Å². The van der Waals surface area contributed by atoms with E-state index in [1.165, 1.54) is 20.1 Å². The molecule has 8 N–H and O–H groups in total. The number of benzene rings is 1. The SMILES string of the molecule is C=CCOc1ccc(C[C@H](NC(C)=O)C(=O)N[C@@H](CCCC[NH+]=C(N)N)C(=O)N[C@@H](CC=C)C(=O)OC)cc1. The predicted octanol–water partition coefficient (Wildman–Crippen LogP) is -1.46. The second-order valence-electron chi connectivity index (χ2n) is 8.75. The number of carbonyl (C=O) groups excluding carboxylic acids is 4. The van der Waals surface area contributed by atoms with Gasteiger partial charge in [-0.1, -0.05) is 30.9 Å². The van der Waals surface area contributed by atoms with Crippen molar-refractivity contribution < 1.29 is 33.6 Å². The minimum atomic E-state index is -0.986. The highest BCUT2D eigenvalue weighted by atomic mass is 16.5. The minimum absolute atomic E-state index is 0.0846. The van der Waals surface area contributed by atoms with Crippen molar-refractivity contribution in [3.8, 4) is 5.75 Å². The molecule has 0 aliphatic heterocycles. The normalized spacial score (nSPS) is 12.6. The Morgan fingerprint density at radius 1 is 0.949 bits per heavy atom. The maximum absolute atomic E-state index is 13.3. The summed E-state index contributed by atoms with van der Waals surface area (Å²) in [5.41, 5.74) is 11.6. The molecule has 214 valence electrons. The van der Waals surface area contributed by atoms with Crippen LogP contribution < -0.4 is 37.1 Å². The average molecular weight is 546 g/mol. The van der Waals surface area contributed by atoms with Gasteiger partial charge in [0.05, 0.1) is 13.7 Å². The lowest BCUT2D eigenvalue weighted by molar-refractivity contribution is -0.459. The smallest absolute Gasteiger partial charge is 0.338 e. The summed E-state index contributed by atoms with van der Waals surface area (Å²) in [5, 5.41) is 7.99. The van der Waals surface area contributed by atoms with Gasteiger partial charge in [-0.15, -0.1) is 6.58 Å². The zero-order valence-corrected chi connectivity index (χ0v) is 22.7. The summed E-state index contributed by atoms with van der Waals surface area (Å²) in [7, 11) is 1.22. The number of hydrogen-bond donors (Lipinski definition) is 6. The molecule has 0 spiro atoms. The molecule has 0 saturated carbocycles. The Bertz CT molecular complexity index is 1010. The Morgan fingerprint density at radius 3 is 2.15 bits per heavy atom. The van der Waals surface area contributed by atoms with E-state index in [0.29, 0.717) is 31.7 Å². The number of nitrogens with one attached hydrogen (secondary N) is 4. The van der Waals surface area contributed by atoms with Crippen LogP contribution in [0.25, 0.3) is 0 Å². The van der Waals surface area contributed by atoms with Crippen LogP contribution in [0.4, 0.5) is 0 Å². The second-order valence-corrected chi connectivity index (χ2v) is 8.75. The lowest BCUT2D eigenvalue weighted by Crippen LogP contribution is -2.78. The Balaban J connectivity index is 3.05. The van der Waals surface area contributed by atoms with E-state index in [1.807, 2.05) is 0 Å². The molecule has 0 saturated heterocycles. The third-order valence-corrected chi connectivity index (χ3v) is 5.51. The van der Waals surface area contributed by atoms with Crippen molar-refractivity contribution in [1.29, 1.82) is 0 Å². The second kappa shape index (κ2) is 18.0. The highest BCUT2D eigenvalue weighted by Crippen LogP contribution is 2.14. The Morgan fingerprint density at radius 2 is 1.59 bits per heavy atom. The van der Waals surface area contributed by atoms with E-state index in [2.05, 4.69) is 34.1 Å². The van der Waals surface area contributed by atoms with Crippen molar-refractivity contribution in [2.75, 3.05) is 20.3 Å². The van der Waals surface area contributed by atoms with Crippen LogP contribution in [-0.4, -0.2) is 68.0 Å². The number of nitrogens with two attached hydrogens (primary N) is 2. The first-order chi connectivity index (χ1) is 18.6.